The van der Waals surface area contributed by atoms with Crippen LogP contribution in [0.3, 0.4) is 0 Å². The first-order valence-electron chi connectivity index (χ1n) is 8.77. The topological polar surface area (TPSA) is 116 Å². The van der Waals surface area contributed by atoms with Gasteiger partial charge in [0.15, 0.2) is 11.0 Å². The average Bonchev–Trinajstić information content (AvgIpc) is 3.29. The van der Waals surface area contributed by atoms with E-state index in [0.717, 1.165) is 10.8 Å². The van der Waals surface area contributed by atoms with Crippen molar-refractivity contribution in [2.24, 2.45) is 0 Å². The molecule has 1 fully saturated rings. The summed E-state index contributed by atoms with van der Waals surface area (Å²) in [5.74, 6) is -0.0933. The summed E-state index contributed by atoms with van der Waals surface area (Å²) in [7, 11) is 1.62. The molecule has 0 aromatic carbocycles. The number of aliphatic hydroxyl groups excluding tert-OH is 1. The van der Waals surface area contributed by atoms with Crippen molar-refractivity contribution in [2.75, 3.05) is 25.1 Å². The average molecular weight is 415 g/mol. The van der Waals surface area contributed by atoms with E-state index < -0.39 is 6.10 Å². The quantitative estimate of drug-likeness (QED) is 0.656. The molecule has 1 saturated heterocycles. The van der Waals surface area contributed by atoms with Crippen LogP contribution in [0.25, 0.3) is 0 Å². The van der Waals surface area contributed by atoms with Crippen molar-refractivity contribution in [3.05, 3.63) is 21.7 Å². The molecule has 3 N–H and O–H groups in total. The van der Waals surface area contributed by atoms with E-state index in [0.29, 0.717) is 36.1 Å². The van der Waals surface area contributed by atoms with E-state index in [-0.39, 0.29) is 23.9 Å². The first-order chi connectivity index (χ1) is 12.9. The van der Waals surface area contributed by atoms with Crippen molar-refractivity contribution < 1.29 is 14.6 Å². The SMILES string of the molecule is CCc1[nH]c(C(=O)N[C@@H]2CCN(c3nnc([C@@H](C)O)s3)C[C@@H]2OC)nc1Cl. The van der Waals surface area contributed by atoms with Gasteiger partial charge < -0.3 is 25.0 Å². The molecule has 3 atom stereocenters. The number of hydrogen-bond acceptors (Lipinski definition) is 8. The summed E-state index contributed by atoms with van der Waals surface area (Å²) in [6.45, 7) is 4.86. The first-order valence-corrected chi connectivity index (χ1v) is 9.96. The van der Waals surface area contributed by atoms with Gasteiger partial charge in [0.25, 0.3) is 5.91 Å². The van der Waals surface area contributed by atoms with Gasteiger partial charge >= 0.3 is 0 Å². The molecular weight excluding hydrogens is 392 g/mol. The molecule has 27 heavy (non-hydrogen) atoms. The predicted molar refractivity (Wildman–Crippen MR) is 102 cm³/mol. The van der Waals surface area contributed by atoms with Crippen LogP contribution in [0.2, 0.25) is 5.15 Å². The molecular formula is C16H23ClN6O3S. The summed E-state index contributed by atoms with van der Waals surface area (Å²) in [6, 6.07) is -0.156. The second-order valence-corrected chi connectivity index (χ2v) is 7.74. The number of nitrogens with one attached hydrogen (secondary N) is 2. The summed E-state index contributed by atoms with van der Waals surface area (Å²) in [4.78, 5) is 21.6. The van der Waals surface area contributed by atoms with Gasteiger partial charge in [-0.15, -0.1) is 10.2 Å². The molecule has 2 aromatic rings. The molecule has 1 aliphatic heterocycles. The third-order valence-corrected chi connectivity index (χ3v) is 6.00. The minimum absolute atomic E-state index is 0.156. The number of aromatic nitrogens is 4. The lowest BCUT2D eigenvalue weighted by Crippen LogP contribution is -2.55. The number of halogens is 1. The van der Waals surface area contributed by atoms with Crippen LogP contribution in [-0.2, 0) is 11.2 Å². The van der Waals surface area contributed by atoms with Crippen molar-refractivity contribution in [3.63, 3.8) is 0 Å². The monoisotopic (exact) mass is 414 g/mol. The number of piperidine rings is 1. The van der Waals surface area contributed by atoms with Crippen LogP contribution in [-0.4, -0.2) is 63.5 Å². The summed E-state index contributed by atoms with van der Waals surface area (Å²) >= 11 is 7.38. The number of methoxy groups -OCH3 is 1. The van der Waals surface area contributed by atoms with E-state index in [1.54, 1.807) is 14.0 Å². The van der Waals surface area contributed by atoms with Gasteiger partial charge in [-0.3, -0.25) is 4.79 Å². The largest absolute Gasteiger partial charge is 0.386 e. The number of nitrogens with zero attached hydrogens (tertiary/aromatic N) is 4. The maximum Gasteiger partial charge on any atom is 0.287 e. The maximum absolute atomic E-state index is 12.5. The highest BCUT2D eigenvalue weighted by Crippen LogP contribution is 2.27. The van der Waals surface area contributed by atoms with E-state index in [9.17, 15) is 9.90 Å². The Kier molecular flexibility index (Phi) is 6.30. The molecule has 1 aliphatic rings. The van der Waals surface area contributed by atoms with Crippen molar-refractivity contribution in [1.82, 2.24) is 25.5 Å². The van der Waals surface area contributed by atoms with Gasteiger partial charge in [0.2, 0.25) is 5.13 Å². The zero-order valence-electron chi connectivity index (χ0n) is 15.4. The van der Waals surface area contributed by atoms with Crippen LogP contribution in [0.5, 0.6) is 0 Å². The van der Waals surface area contributed by atoms with Crippen LogP contribution in [0.15, 0.2) is 0 Å². The normalized spacial score (nSPS) is 21.3. The number of amides is 1. The fraction of sp³-hybridized carbons (Fsp3) is 0.625. The van der Waals surface area contributed by atoms with E-state index >= 15 is 0 Å². The van der Waals surface area contributed by atoms with Crippen molar-refractivity contribution in [2.45, 2.75) is 44.9 Å². The number of carbonyl (C=O) groups excluding carboxylic acids is 1. The number of aliphatic hydroxyl groups is 1. The minimum Gasteiger partial charge on any atom is -0.386 e. The van der Waals surface area contributed by atoms with Gasteiger partial charge in [-0.05, 0) is 19.8 Å². The van der Waals surface area contributed by atoms with Crippen LogP contribution in [0, 0.1) is 0 Å². The molecule has 1 amide bonds. The number of ether oxygens (including phenoxy) is 1. The number of aromatic amines is 1. The molecule has 11 heteroatoms. The number of anilines is 1. The molecule has 0 radical (unpaired) electrons. The second kappa shape index (κ2) is 8.51. The highest BCUT2D eigenvalue weighted by atomic mass is 35.5. The number of rotatable bonds is 6. The fourth-order valence-electron chi connectivity index (χ4n) is 2.98. The second-order valence-electron chi connectivity index (χ2n) is 6.40. The van der Waals surface area contributed by atoms with Crippen LogP contribution in [0.1, 0.15) is 47.7 Å². The van der Waals surface area contributed by atoms with Gasteiger partial charge in [0.05, 0.1) is 17.8 Å². The Morgan fingerprint density at radius 1 is 1.56 bits per heavy atom. The van der Waals surface area contributed by atoms with Crippen molar-refractivity contribution in [3.8, 4) is 0 Å². The molecule has 0 saturated carbocycles. The van der Waals surface area contributed by atoms with Crippen LogP contribution in [0.4, 0.5) is 5.13 Å². The van der Waals surface area contributed by atoms with Gasteiger partial charge in [0, 0.05) is 20.2 Å². The lowest BCUT2D eigenvalue weighted by Gasteiger charge is -2.37. The highest BCUT2D eigenvalue weighted by Gasteiger charge is 2.33. The van der Waals surface area contributed by atoms with E-state index in [2.05, 4.69) is 30.4 Å². The van der Waals surface area contributed by atoms with Crippen LogP contribution >= 0.6 is 22.9 Å². The molecule has 0 spiro atoms. The third-order valence-electron chi connectivity index (χ3n) is 4.53. The van der Waals surface area contributed by atoms with E-state index in [1.807, 2.05) is 6.92 Å². The Labute approximate surface area is 166 Å². The zero-order valence-corrected chi connectivity index (χ0v) is 17.0. The van der Waals surface area contributed by atoms with Crippen LogP contribution < -0.4 is 10.2 Å². The van der Waals surface area contributed by atoms with Gasteiger partial charge in [-0.25, -0.2) is 4.98 Å². The molecule has 0 aliphatic carbocycles. The molecule has 3 heterocycles. The maximum atomic E-state index is 12.5. The highest BCUT2D eigenvalue weighted by molar-refractivity contribution is 7.15. The lowest BCUT2D eigenvalue weighted by atomic mass is 10.0. The number of aryl methyl sites for hydroxylation is 1. The molecule has 0 unspecified atom stereocenters. The van der Waals surface area contributed by atoms with Crippen molar-refractivity contribution in [1.29, 1.82) is 0 Å². The zero-order chi connectivity index (χ0) is 19.6. The molecule has 0 bridgehead atoms. The molecule has 9 nitrogen and oxygen atoms in total. The van der Waals surface area contributed by atoms with E-state index in [4.69, 9.17) is 16.3 Å². The Morgan fingerprint density at radius 2 is 2.33 bits per heavy atom. The lowest BCUT2D eigenvalue weighted by molar-refractivity contribution is 0.0538. The molecule has 2 aromatic heterocycles. The number of hydrogen-bond donors (Lipinski definition) is 3. The smallest absolute Gasteiger partial charge is 0.287 e. The number of imidazole rings is 1. The number of carbonyl (C=O) groups is 1. The summed E-state index contributed by atoms with van der Waals surface area (Å²) in [6.07, 6.45) is 0.509. The Morgan fingerprint density at radius 3 is 2.93 bits per heavy atom. The predicted octanol–water partition coefficient (Wildman–Crippen LogP) is 1.55. The Bertz CT molecular complexity index is 795. The Balaban J connectivity index is 1.64. The summed E-state index contributed by atoms with van der Waals surface area (Å²) in [5.41, 5.74) is 0.741. The molecule has 148 valence electrons. The van der Waals surface area contributed by atoms with Gasteiger partial charge in [-0.1, -0.05) is 29.9 Å². The minimum atomic E-state index is -0.639. The summed E-state index contributed by atoms with van der Waals surface area (Å²) in [5, 5.41) is 22.4. The standard InChI is InChI=1S/C16H23ClN6O3S/c1-4-9-12(17)20-13(18-9)14(25)19-10-5-6-23(7-11(10)26-3)16-22-21-15(27-16)8(2)24/h8,10-11,24H,4-7H2,1-3H3,(H,18,20)(H,19,25)/t8-,10-,11+/m1/s1. The fourth-order valence-corrected chi connectivity index (χ4v) is 4.07. The Hall–Kier alpha value is -1.75. The summed E-state index contributed by atoms with van der Waals surface area (Å²) < 4.78 is 5.59. The van der Waals surface area contributed by atoms with E-state index in [1.165, 1.54) is 11.3 Å². The number of H-pyrrole nitrogens is 1. The first kappa shape index (κ1) is 20.0. The molecule has 3 rings (SSSR count). The third kappa shape index (κ3) is 4.40. The van der Waals surface area contributed by atoms with Gasteiger partial charge in [0.1, 0.15) is 11.1 Å². The van der Waals surface area contributed by atoms with Crippen molar-refractivity contribution >= 4 is 34.0 Å². The van der Waals surface area contributed by atoms with Gasteiger partial charge in [-0.2, -0.15) is 0 Å².